The van der Waals surface area contributed by atoms with Gasteiger partial charge in [-0.15, -0.1) is 11.3 Å². The van der Waals surface area contributed by atoms with Crippen molar-refractivity contribution in [2.45, 2.75) is 6.92 Å². The van der Waals surface area contributed by atoms with E-state index < -0.39 is 0 Å². The Balaban J connectivity index is 2.04. The predicted octanol–water partition coefficient (Wildman–Crippen LogP) is 5.34. The molecular formula is C12H8Br2FN3S. The van der Waals surface area contributed by atoms with E-state index in [0.717, 1.165) is 18.8 Å². The molecule has 3 nitrogen and oxygen atoms in total. The molecule has 0 saturated carbocycles. The average Bonchev–Trinajstić information content (AvgIpc) is 2.88. The van der Waals surface area contributed by atoms with E-state index in [-0.39, 0.29) is 5.82 Å². The van der Waals surface area contributed by atoms with Crippen LogP contribution in [0.25, 0.3) is 11.0 Å². The minimum atomic E-state index is -0.330. The Labute approximate surface area is 129 Å². The Morgan fingerprint density at radius 1 is 1.32 bits per heavy atom. The van der Waals surface area contributed by atoms with Crippen molar-refractivity contribution in [2.24, 2.45) is 0 Å². The maximum Gasteiger partial charge on any atom is 0.205 e. The summed E-state index contributed by atoms with van der Waals surface area (Å²) in [4.78, 5) is 7.28. The molecule has 98 valence electrons. The predicted molar refractivity (Wildman–Crippen MR) is 83.8 cm³/mol. The van der Waals surface area contributed by atoms with Gasteiger partial charge in [0.1, 0.15) is 5.52 Å². The van der Waals surface area contributed by atoms with Crippen molar-refractivity contribution in [1.29, 1.82) is 0 Å². The Hall–Kier alpha value is -0.920. The van der Waals surface area contributed by atoms with Gasteiger partial charge in [0.2, 0.25) is 5.95 Å². The SMILES string of the molecule is Cc1c(Br)sc(Br)c1Nc1nc2c(F)cccc2[nH]1. The van der Waals surface area contributed by atoms with Crippen molar-refractivity contribution in [1.82, 2.24) is 9.97 Å². The van der Waals surface area contributed by atoms with Crippen molar-refractivity contribution in [3.05, 3.63) is 37.2 Å². The molecule has 19 heavy (non-hydrogen) atoms. The summed E-state index contributed by atoms with van der Waals surface area (Å²) in [5, 5.41) is 3.18. The number of thiophene rings is 1. The van der Waals surface area contributed by atoms with Crippen LogP contribution in [-0.4, -0.2) is 9.97 Å². The maximum atomic E-state index is 13.6. The van der Waals surface area contributed by atoms with E-state index in [4.69, 9.17) is 0 Å². The van der Waals surface area contributed by atoms with E-state index in [1.807, 2.05) is 6.92 Å². The van der Waals surface area contributed by atoms with Gasteiger partial charge >= 0.3 is 0 Å². The van der Waals surface area contributed by atoms with Gasteiger partial charge in [0.25, 0.3) is 0 Å². The first kappa shape index (κ1) is 13.1. The van der Waals surface area contributed by atoms with Crippen LogP contribution in [0.5, 0.6) is 0 Å². The number of rotatable bonds is 2. The zero-order valence-corrected chi connectivity index (χ0v) is 13.7. The molecule has 0 spiro atoms. The molecule has 0 amide bonds. The number of benzene rings is 1. The van der Waals surface area contributed by atoms with Crippen molar-refractivity contribution >= 4 is 65.9 Å². The van der Waals surface area contributed by atoms with Crippen LogP contribution in [-0.2, 0) is 0 Å². The minimum Gasteiger partial charge on any atom is -0.324 e. The lowest BCUT2D eigenvalue weighted by Crippen LogP contribution is -1.93. The van der Waals surface area contributed by atoms with Crippen molar-refractivity contribution in [3.8, 4) is 0 Å². The molecule has 3 aromatic rings. The number of hydrogen-bond donors (Lipinski definition) is 2. The highest BCUT2D eigenvalue weighted by Gasteiger charge is 2.14. The fourth-order valence-electron chi connectivity index (χ4n) is 1.77. The van der Waals surface area contributed by atoms with Gasteiger partial charge in [-0.2, -0.15) is 0 Å². The third-order valence-corrected chi connectivity index (χ3v) is 5.58. The summed E-state index contributed by atoms with van der Waals surface area (Å²) in [6, 6.07) is 4.85. The van der Waals surface area contributed by atoms with E-state index in [1.54, 1.807) is 23.5 Å². The van der Waals surface area contributed by atoms with Crippen LogP contribution in [0.2, 0.25) is 0 Å². The Kier molecular flexibility index (Phi) is 3.36. The highest BCUT2D eigenvalue weighted by molar-refractivity contribution is 9.12. The average molecular weight is 405 g/mol. The summed E-state index contributed by atoms with van der Waals surface area (Å²) >= 11 is 8.56. The monoisotopic (exact) mass is 403 g/mol. The van der Waals surface area contributed by atoms with Crippen LogP contribution in [0.3, 0.4) is 0 Å². The summed E-state index contributed by atoms with van der Waals surface area (Å²) < 4.78 is 15.6. The molecule has 0 fully saturated rings. The van der Waals surface area contributed by atoms with E-state index >= 15 is 0 Å². The van der Waals surface area contributed by atoms with Crippen LogP contribution < -0.4 is 5.32 Å². The highest BCUT2D eigenvalue weighted by Crippen LogP contribution is 2.41. The number of para-hydroxylation sites is 1. The first-order chi connectivity index (χ1) is 9.06. The van der Waals surface area contributed by atoms with Crippen LogP contribution in [0.1, 0.15) is 5.56 Å². The lowest BCUT2D eigenvalue weighted by molar-refractivity contribution is 0.637. The van der Waals surface area contributed by atoms with Gasteiger partial charge in [0, 0.05) is 0 Å². The van der Waals surface area contributed by atoms with Crippen LogP contribution >= 0.6 is 43.2 Å². The number of imidazole rings is 1. The molecule has 0 radical (unpaired) electrons. The Bertz CT molecular complexity index is 766. The number of hydrogen-bond acceptors (Lipinski definition) is 3. The van der Waals surface area contributed by atoms with Gasteiger partial charge < -0.3 is 10.3 Å². The molecule has 0 bridgehead atoms. The molecule has 2 N–H and O–H groups in total. The topological polar surface area (TPSA) is 40.7 Å². The number of H-pyrrole nitrogens is 1. The summed E-state index contributed by atoms with van der Waals surface area (Å²) in [5.41, 5.74) is 3.02. The molecule has 0 atom stereocenters. The number of fused-ring (bicyclic) bond motifs is 1. The summed E-state index contributed by atoms with van der Waals surface area (Å²) in [5.74, 6) is 0.193. The number of anilines is 2. The molecular weight excluding hydrogens is 397 g/mol. The van der Waals surface area contributed by atoms with Crippen molar-refractivity contribution in [2.75, 3.05) is 5.32 Å². The third-order valence-electron chi connectivity index (χ3n) is 2.75. The molecule has 2 heterocycles. The molecule has 0 aliphatic rings. The van der Waals surface area contributed by atoms with Crippen molar-refractivity contribution in [3.63, 3.8) is 0 Å². The summed E-state index contributed by atoms with van der Waals surface area (Å²) in [6.07, 6.45) is 0. The normalized spacial score (nSPS) is 11.2. The van der Waals surface area contributed by atoms with Gasteiger partial charge in [-0.25, -0.2) is 9.37 Å². The molecule has 1 aromatic carbocycles. The van der Waals surface area contributed by atoms with Gasteiger partial charge in [-0.05, 0) is 56.5 Å². The zero-order valence-electron chi connectivity index (χ0n) is 9.72. The number of aromatic nitrogens is 2. The molecule has 3 rings (SSSR count). The number of aromatic amines is 1. The lowest BCUT2D eigenvalue weighted by Gasteiger charge is -2.02. The number of nitrogens with zero attached hydrogens (tertiary/aromatic N) is 1. The van der Waals surface area contributed by atoms with Crippen LogP contribution in [0.15, 0.2) is 25.8 Å². The molecule has 2 aromatic heterocycles. The Morgan fingerprint density at radius 3 is 2.74 bits per heavy atom. The first-order valence-corrected chi connectivity index (χ1v) is 7.82. The second-order valence-corrected chi connectivity index (χ2v) is 7.65. The second-order valence-electron chi connectivity index (χ2n) is 4.00. The van der Waals surface area contributed by atoms with Gasteiger partial charge in [0.15, 0.2) is 5.82 Å². The van der Waals surface area contributed by atoms with Gasteiger partial charge in [-0.3, -0.25) is 0 Å². The zero-order chi connectivity index (χ0) is 13.6. The molecule has 0 aliphatic heterocycles. The number of halogens is 3. The third kappa shape index (κ3) is 2.30. The van der Waals surface area contributed by atoms with E-state index in [2.05, 4.69) is 47.1 Å². The lowest BCUT2D eigenvalue weighted by atomic mass is 10.3. The minimum absolute atomic E-state index is 0.330. The first-order valence-electron chi connectivity index (χ1n) is 5.42. The highest BCUT2D eigenvalue weighted by atomic mass is 79.9. The van der Waals surface area contributed by atoms with E-state index in [0.29, 0.717) is 17.0 Å². The largest absolute Gasteiger partial charge is 0.324 e. The van der Waals surface area contributed by atoms with E-state index in [9.17, 15) is 4.39 Å². The fraction of sp³-hybridized carbons (Fsp3) is 0.0833. The van der Waals surface area contributed by atoms with Crippen LogP contribution in [0, 0.1) is 12.7 Å². The smallest absolute Gasteiger partial charge is 0.205 e. The number of nitrogens with one attached hydrogen (secondary N) is 2. The molecule has 0 saturated heterocycles. The fourth-order valence-corrected chi connectivity index (χ4v) is 4.71. The van der Waals surface area contributed by atoms with Gasteiger partial charge in [-0.1, -0.05) is 6.07 Å². The summed E-state index contributed by atoms with van der Waals surface area (Å²) in [6.45, 7) is 2.00. The molecule has 0 aliphatic carbocycles. The van der Waals surface area contributed by atoms with Crippen LogP contribution in [0.4, 0.5) is 16.0 Å². The molecule has 7 heteroatoms. The Morgan fingerprint density at radius 2 is 2.11 bits per heavy atom. The summed E-state index contributed by atoms with van der Waals surface area (Å²) in [7, 11) is 0. The van der Waals surface area contributed by atoms with Gasteiger partial charge in [0.05, 0.1) is 18.8 Å². The van der Waals surface area contributed by atoms with Crippen molar-refractivity contribution < 1.29 is 4.39 Å². The maximum absolute atomic E-state index is 13.6. The standard InChI is InChI=1S/C12H8Br2FN3S/c1-5-8(11(14)19-10(5)13)17-12-16-7-4-2-3-6(15)9(7)18-12/h2-4H,1H3,(H2,16,17,18). The molecule has 0 unspecified atom stereocenters. The second kappa shape index (κ2) is 4.88. The van der Waals surface area contributed by atoms with E-state index in [1.165, 1.54) is 6.07 Å². The quantitative estimate of drug-likeness (QED) is 0.605.